The molecule has 0 aromatic heterocycles. The van der Waals surface area contributed by atoms with E-state index in [0.717, 1.165) is 37.8 Å². The summed E-state index contributed by atoms with van der Waals surface area (Å²) in [6.45, 7) is 1.65. The molecule has 4 rings (SSSR count). The molecule has 160 valence electrons. The molecule has 2 aliphatic heterocycles. The van der Waals surface area contributed by atoms with Crippen molar-refractivity contribution in [3.8, 4) is 0 Å². The molecular formula is C22H28N4O4. The minimum atomic E-state index is -0.650. The van der Waals surface area contributed by atoms with Gasteiger partial charge in [-0.25, -0.2) is 0 Å². The Hall–Kier alpha value is -2.74. The fourth-order valence-corrected chi connectivity index (χ4v) is 4.73. The smallest absolute Gasteiger partial charge is 0.255 e. The highest BCUT2D eigenvalue weighted by Gasteiger charge is 2.39. The van der Waals surface area contributed by atoms with Crippen LogP contribution in [0.4, 0.5) is 0 Å². The van der Waals surface area contributed by atoms with Crippen molar-refractivity contribution in [2.45, 2.75) is 51.1 Å². The first-order valence-corrected chi connectivity index (χ1v) is 10.7. The van der Waals surface area contributed by atoms with E-state index in [0.29, 0.717) is 35.9 Å². The van der Waals surface area contributed by atoms with Gasteiger partial charge in [-0.05, 0) is 74.2 Å². The second kappa shape index (κ2) is 8.55. The number of amides is 4. The van der Waals surface area contributed by atoms with Crippen molar-refractivity contribution < 1.29 is 19.2 Å². The Morgan fingerprint density at radius 1 is 1.10 bits per heavy atom. The lowest BCUT2D eigenvalue weighted by Crippen LogP contribution is -2.52. The van der Waals surface area contributed by atoms with Gasteiger partial charge in [0.2, 0.25) is 11.8 Å². The summed E-state index contributed by atoms with van der Waals surface area (Å²) in [5.74, 6) is -0.0336. The molecule has 3 aliphatic rings. The molecule has 30 heavy (non-hydrogen) atoms. The number of carbonyl (C=O) groups is 4. The zero-order chi connectivity index (χ0) is 21.3. The molecule has 1 aromatic rings. The van der Waals surface area contributed by atoms with Crippen molar-refractivity contribution >= 4 is 23.6 Å². The maximum Gasteiger partial charge on any atom is 0.255 e. The van der Waals surface area contributed by atoms with Crippen molar-refractivity contribution in [2.24, 2.45) is 17.6 Å². The van der Waals surface area contributed by atoms with Gasteiger partial charge in [0.1, 0.15) is 6.04 Å². The molecule has 0 spiro atoms. The zero-order valence-corrected chi connectivity index (χ0v) is 17.0. The summed E-state index contributed by atoms with van der Waals surface area (Å²) < 4.78 is 0. The standard InChI is InChI=1S/C22H28N4O4/c23-10-13-1-3-14(4-2-13)11-24-20(28)15-5-6-17-16(9-15)12-26(22(17)30)18-7-8-19(27)25-21(18)29/h5-6,9,13-14,18H,1-4,7-8,10-12,23H2,(H,24,28)(H,25,27,29). The lowest BCUT2D eigenvalue weighted by molar-refractivity contribution is -0.136. The number of hydrogen-bond acceptors (Lipinski definition) is 5. The van der Waals surface area contributed by atoms with Gasteiger partial charge >= 0.3 is 0 Å². The largest absolute Gasteiger partial charge is 0.352 e. The first kappa shape index (κ1) is 20.5. The van der Waals surface area contributed by atoms with E-state index < -0.39 is 11.9 Å². The number of fused-ring (bicyclic) bond motifs is 1. The molecule has 1 saturated carbocycles. The van der Waals surface area contributed by atoms with E-state index in [4.69, 9.17) is 5.73 Å². The maximum atomic E-state index is 12.7. The van der Waals surface area contributed by atoms with Crippen LogP contribution < -0.4 is 16.4 Å². The van der Waals surface area contributed by atoms with Crippen molar-refractivity contribution in [1.29, 1.82) is 0 Å². The SMILES string of the molecule is NCC1CCC(CNC(=O)c2ccc3c(c2)CN(C2CCC(=O)NC2=O)C3=O)CC1. The number of rotatable bonds is 5. The van der Waals surface area contributed by atoms with Crippen LogP contribution in [0.2, 0.25) is 0 Å². The second-order valence-corrected chi connectivity index (χ2v) is 8.60. The molecule has 8 nitrogen and oxygen atoms in total. The van der Waals surface area contributed by atoms with Gasteiger partial charge in [0.15, 0.2) is 0 Å². The Labute approximate surface area is 175 Å². The zero-order valence-electron chi connectivity index (χ0n) is 17.0. The third-order valence-corrected chi connectivity index (χ3v) is 6.64. The first-order chi connectivity index (χ1) is 14.5. The van der Waals surface area contributed by atoms with Gasteiger partial charge < -0.3 is 16.0 Å². The Kier molecular flexibility index (Phi) is 5.85. The van der Waals surface area contributed by atoms with Crippen LogP contribution in [0.25, 0.3) is 0 Å². The fourth-order valence-electron chi connectivity index (χ4n) is 4.73. The summed E-state index contributed by atoms with van der Waals surface area (Å²) in [5.41, 5.74) is 7.50. The molecule has 2 heterocycles. The molecule has 4 N–H and O–H groups in total. The van der Waals surface area contributed by atoms with E-state index in [1.165, 1.54) is 4.90 Å². The molecule has 0 radical (unpaired) electrons. The van der Waals surface area contributed by atoms with Crippen LogP contribution in [0.15, 0.2) is 18.2 Å². The van der Waals surface area contributed by atoms with Gasteiger partial charge in [0, 0.05) is 30.6 Å². The van der Waals surface area contributed by atoms with Crippen LogP contribution in [0.5, 0.6) is 0 Å². The molecule has 8 heteroatoms. The number of carbonyl (C=O) groups excluding carboxylic acids is 4. The summed E-state index contributed by atoms with van der Waals surface area (Å²) in [6, 6.07) is 4.40. The normalized spacial score (nSPS) is 26.4. The number of benzene rings is 1. The van der Waals surface area contributed by atoms with Gasteiger partial charge in [0.05, 0.1) is 0 Å². The molecule has 1 atom stereocenters. The van der Waals surface area contributed by atoms with E-state index in [9.17, 15) is 19.2 Å². The van der Waals surface area contributed by atoms with Gasteiger partial charge in [-0.1, -0.05) is 0 Å². The van der Waals surface area contributed by atoms with E-state index in [1.807, 2.05) is 0 Å². The van der Waals surface area contributed by atoms with Crippen LogP contribution in [-0.4, -0.2) is 47.7 Å². The minimum Gasteiger partial charge on any atom is -0.352 e. The Balaban J connectivity index is 1.37. The molecule has 4 amide bonds. The molecular weight excluding hydrogens is 384 g/mol. The summed E-state index contributed by atoms with van der Waals surface area (Å²) in [7, 11) is 0. The highest BCUT2D eigenvalue weighted by atomic mass is 16.2. The maximum absolute atomic E-state index is 12.7. The topological polar surface area (TPSA) is 122 Å². The number of imide groups is 1. The molecule has 1 aliphatic carbocycles. The molecule has 2 fully saturated rings. The molecule has 0 bridgehead atoms. The number of nitrogens with zero attached hydrogens (tertiary/aromatic N) is 1. The van der Waals surface area contributed by atoms with Gasteiger partial charge in [0.25, 0.3) is 11.8 Å². The molecule has 1 aromatic carbocycles. The molecule has 1 unspecified atom stereocenters. The van der Waals surface area contributed by atoms with Gasteiger partial charge in [-0.2, -0.15) is 0 Å². The summed E-state index contributed by atoms with van der Waals surface area (Å²) >= 11 is 0. The van der Waals surface area contributed by atoms with Crippen molar-refractivity contribution in [3.63, 3.8) is 0 Å². The van der Waals surface area contributed by atoms with E-state index in [2.05, 4.69) is 10.6 Å². The minimum absolute atomic E-state index is 0.148. The highest BCUT2D eigenvalue weighted by Crippen LogP contribution is 2.29. The van der Waals surface area contributed by atoms with E-state index in [-0.39, 0.29) is 30.7 Å². The summed E-state index contributed by atoms with van der Waals surface area (Å²) in [4.78, 5) is 50.4. The third kappa shape index (κ3) is 4.09. The average molecular weight is 412 g/mol. The summed E-state index contributed by atoms with van der Waals surface area (Å²) in [6.07, 6.45) is 4.95. The van der Waals surface area contributed by atoms with Gasteiger partial charge in [-0.3, -0.25) is 24.5 Å². The fraction of sp³-hybridized carbons (Fsp3) is 0.545. The van der Waals surface area contributed by atoms with E-state index >= 15 is 0 Å². The third-order valence-electron chi connectivity index (χ3n) is 6.64. The van der Waals surface area contributed by atoms with Crippen LogP contribution in [0.3, 0.4) is 0 Å². The van der Waals surface area contributed by atoms with Crippen molar-refractivity contribution in [1.82, 2.24) is 15.5 Å². The number of nitrogens with one attached hydrogen (secondary N) is 2. The Morgan fingerprint density at radius 3 is 2.53 bits per heavy atom. The van der Waals surface area contributed by atoms with Gasteiger partial charge in [-0.15, -0.1) is 0 Å². The Bertz CT molecular complexity index is 876. The van der Waals surface area contributed by atoms with Crippen LogP contribution >= 0.6 is 0 Å². The van der Waals surface area contributed by atoms with Crippen molar-refractivity contribution in [2.75, 3.05) is 13.1 Å². The lowest BCUT2D eigenvalue weighted by atomic mass is 9.82. The number of hydrogen-bond donors (Lipinski definition) is 3. The van der Waals surface area contributed by atoms with Crippen LogP contribution in [0.1, 0.15) is 64.8 Å². The van der Waals surface area contributed by atoms with E-state index in [1.54, 1.807) is 18.2 Å². The second-order valence-electron chi connectivity index (χ2n) is 8.60. The predicted molar refractivity (Wildman–Crippen MR) is 109 cm³/mol. The highest BCUT2D eigenvalue weighted by molar-refractivity contribution is 6.06. The number of nitrogens with two attached hydrogens (primary N) is 1. The van der Waals surface area contributed by atoms with Crippen molar-refractivity contribution in [3.05, 3.63) is 34.9 Å². The van der Waals surface area contributed by atoms with Crippen LogP contribution in [0, 0.1) is 11.8 Å². The number of piperidine rings is 1. The monoisotopic (exact) mass is 412 g/mol. The summed E-state index contributed by atoms with van der Waals surface area (Å²) in [5, 5.41) is 5.31. The first-order valence-electron chi connectivity index (χ1n) is 10.7. The van der Waals surface area contributed by atoms with Crippen LogP contribution in [-0.2, 0) is 16.1 Å². The predicted octanol–water partition coefficient (Wildman–Crippen LogP) is 0.943. The Morgan fingerprint density at radius 2 is 1.83 bits per heavy atom. The average Bonchev–Trinajstić information content (AvgIpc) is 3.08. The quantitative estimate of drug-likeness (QED) is 0.622. The lowest BCUT2D eigenvalue weighted by Gasteiger charge is -2.29. The molecule has 1 saturated heterocycles.